The first kappa shape index (κ1) is 22.7. The molecule has 8 heteroatoms. The second-order valence-corrected chi connectivity index (χ2v) is 9.22. The summed E-state index contributed by atoms with van der Waals surface area (Å²) in [6, 6.07) is 18.1. The Morgan fingerprint density at radius 2 is 1.68 bits per heavy atom. The molecule has 0 aromatic heterocycles. The van der Waals surface area contributed by atoms with Crippen LogP contribution in [0.4, 0.5) is 11.4 Å². The Bertz CT molecular complexity index is 1190. The van der Waals surface area contributed by atoms with Crippen LogP contribution < -0.4 is 14.8 Å². The molecule has 0 saturated heterocycles. The zero-order valence-corrected chi connectivity index (χ0v) is 18.9. The van der Waals surface area contributed by atoms with Gasteiger partial charge in [0.1, 0.15) is 5.75 Å². The number of amides is 1. The van der Waals surface area contributed by atoms with Gasteiger partial charge in [-0.1, -0.05) is 41.4 Å². The van der Waals surface area contributed by atoms with E-state index in [1.807, 2.05) is 32.0 Å². The third-order valence-electron chi connectivity index (χ3n) is 4.55. The Morgan fingerprint density at radius 3 is 2.32 bits per heavy atom. The van der Waals surface area contributed by atoms with Crippen LogP contribution in [-0.2, 0) is 14.8 Å². The molecule has 3 rings (SSSR count). The Kier molecular flexibility index (Phi) is 6.87. The number of hydrogen-bond acceptors (Lipinski definition) is 4. The number of carbonyl (C=O) groups excluding carboxylic acids is 1. The molecule has 0 aliphatic carbocycles. The number of nitrogens with one attached hydrogen (secondary N) is 2. The Balaban J connectivity index is 1.65. The molecule has 2 N–H and O–H groups in total. The van der Waals surface area contributed by atoms with Crippen LogP contribution in [-0.4, -0.2) is 20.4 Å². The van der Waals surface area contributed by atoms with Gasteiger partial charge in [0, 0.05) is 5.69 Å². The largest absolute Gasteiger partial charge is 0.481 e. The Morgan fingerprint density at radius 1 is 1.00 bits per heavy atom. The topological polar surface area (TPSA) is 84.5 Å². The summed E-state index contributed by atoms with van der Waals surface area (Å²) in [5.41, 5.74) is 2.80. The molecule has 0 heterocycles. The van der Waals surface area contributed by atoms with Crippen LogP contribution in [0.2, 0.25) is 5.02 Å². The molecule has 0 fully saturated rings. The lowest BCUT2D eigenvalue weighted by Gasteiger charge is -2.17. The van der Waals surface area contributed by atoms with Gasteiger partial charge in [0.05, 0.1) is 15.6 Å². The van der Waals surface area contributed by atoms with Crippen LogP contribution in [0.5, 0.6) is 5.75 Å². The predicted octanol–water partition coefficient (Wildman–Crippen LogP) is 5.16. The molecule has 0 spiro atoms. The van der Waals surface area contributed by atoms with E-state index in [0.29, 0.717) is 22.1 Å². The number of ether oxygens (including phenoxy) is 1. The highest BCUT2D eigenvalue weighted by molar-refractivity contribution is 7.92. The highest BCUT2D eigenvalue weighted by Crippen LogP contribution is 2.25. The molecule has 0 aliphatic heterocycles. The van der Waals surface area contributed by atoms with Crippen molar-refractivity contribution in [2.24, 2.45) is 0 Å². The van der Waals surface area contributed by atoms with Crippen molar-refractivity contribution in [1.82, 2.24) is 0 Å². The van der Waals surface area contributed by atoms with Crippen LogP contribution >= 0.6 is 11.6 Å². The average Bonchev–Trinajstić information content (AvgIpc) is 2.72. The van der Waals surface area contributed by atoms with Crippen molar-refractivity contribution in [1.29, 1.82) is 0 Å². The van der Waals surface area contributed by atoms with Crippen LogP contribution in [0.25, 0.3) is 0 Å². The number of hydrogen-bond donors (Lipinski definition) is 2. The molecule has 1 atom stereocenters. The number of sulfonamides is 1. The summed E-state index contributed by atoms with van der Waals surface area (Å²) in [6.45, 7) is 5.56. The van der Waals surface area contributed by atoms with Gasteiger partial charge in [-0.2, -0.15) is 0 Å². The zero-order valence-electron chi connectivity index (χ0n) is 17.3. The first-order valence-electron chi connectivity index (χ1n) is 9.58. The fraction of sp³-hybridized carbons (Fsp3) is 0.174. The number of aryl methyl sites for hydroxylation is 2. The molecule has 1 amide bonds. The Hall–Kier alpha value is -3.03. The maximum Gasteiger partial charge on any atom is 0.265 e. The third-order valence-corrected chi connectivity index (χ3v) is 6.26. The maximum absolute atomic E-state index is 12.6. The monoisotopic (exact) mass is 458 g/mol. The van der Waals surface area contributed by atoms with Crippen molar-refractivity contribution in [2.75, 3.05) is 10.0 Å². The molecular weight excluding hydrogens is 436 g/mol. The minimum atomic E-state index is -3.82. The highest BCUT2D eigenvalue weighted by Gasteiger charge is 2.18. The van der Waals surface area contributed by atoms with Gasteiger partial charge in [-0.25, -0.2) is 8.42 Å². The lowest BCUT2D eigenvalue weighted by molar-refractivity contribution is -0.122. The lowest BCUT2D eigenvalue weighted by Crippen LogP contribution is -2.30. The van der Waals surface area contributed by atoms with Crippen molar-refractivity contribution in [3.05, 3.63) is 82.9 Å². The quantitative estimate of drug-likeness (QED) is 0.512. The smallest absolute Gasteiger partial charge is 0.265 e. The zero-order chi connectivity index (χ0) is 22.6. The molecular formula is C23H23ClN2O4S. The summed E-state index contributed by atoms with van der Waals surface area (Å²) in [6.07, 6.45) is -0.730. The van der Waals surface area contributed by atoms with Crippen molar-refractivity contribution in [3.8, 4) is 5.75 Å². The minimum absolute atomic E-state index is 0.0463. The van der Waals surface area contributed by atoms with Crippen molar-refractivity contribution >= 4 is 38.9 Å². The standard InChI is InChI=1S/C23H23ClN2O4S/c1-15-8-13-22(16(2)14-15)30-17(3)23(27)25-18-9-11-19(12-10-18)31(28,29)26-21-7-5-4-6-20(21)24/h4-14,17,26H,1-3H3,(H,25,27)/t17-/m0/s1. The molecule has 3 aromatic carbocycles. The first-order chi connectivity index (χ1) is 14.7. The van der Waals surface area contributed by atoms with E-state index in [1.54, 1.807) is 31.2 Å². The van der Waals surface area contributed by atoms with E-state index in [0.717, 1.165) is 11.1 Å². The highest BCUT2D eigenvalue weighted by atomic mass is 35.5. The second-order valence-electron chi connectivity index (χ2n) is 7.13. The van der Waals surface area contributed by atoms with Gasteiger partial charge in [0.15, 0.2) is 6.10 Å². The van der Waals surface area contributed by atoms with E-state index in [2.05, 4.69) is 10.0 Å². The van der Waals surface area contributed by atoms with Gasteiger partial charge in [0.2, 0.25) is 0 Å². The molecule has 31 heavy (non-hydrogen) atoms. The molecule has 0 aliphatic rings. The van der Waals surface area contributed by atoms with Gasteiger partial charge in [-0.05, 0) is 68.8 Å². The molecule has 0 saturated carbocycles. The van der Waals surface area contributed by atoms with Crippen LogP contribution in [0.3, 0.4) is 0 Å². The van der Waals surface area contributed by atoms with Crippen LogP contribution in [0.15, 0.2) is 71.6 Å². The molecule has 0 bridgehead atoms. The maximum atomic E-state index is 12.6. The fourth-order valence-electron chi connectivity index (χ4n) is 2.88. The number of benzene rings is 3. The van der Waals surface area contributed by atoms with Gasteiger partial charge < -0.3 is 10.1 Å². The average molecular weight is 459 g/mol. The van der Waals surface area contributed by atoms with Gasteiger partial charge in [-0.15, -0.1) is 0 Å². The van der Waals surface area contributed by atoms with E-state index in [-0.39, 0.29) is 10.8 Å². The molecule has 0 radical (unpaired) electrons. The van der Waals surface area contributed by atoms with Crippen molar-refractivity contribution < 1.29 is 17.9 Å². The predicted molar refractivity (Wildman–Crippen MR) is 123 cm³/mol. The third kappa shape index (κ3) is 5.77. The SMILES string of the molecule is Cc1ccc(O[C@@H](C)C(=O)Nc2ccc(S(=O)(=O)Nc3ccccc3Cl)cc2)c(C)c1. The van der Waals surface area contributed by atoms with Crippen molar-refractivity contribution in [2.45, 2.75) is 31.8 Å². The lowest BCUT2D eigenvalue weighted by atomic mass is 10.1. The number of halogens is 1. The number of para-hydroxylation sites is 1. The fourth-order valence-corrected chi connectivity index (χ4v) is 4.20. The summed E-state index contributed by atoms with van der Waals surface area (Å²) in [5.74, 6) is 0.296. The van der Waals surface area contributed by atoms with E-state index in [9.17, 15) is 13.2 Å². The second kappa shape index (κ2) is 9.41. The van der Waals surface area contributed by atoms with Gasteiger partial charge >= 0.3 is 0 Å². The summed E-state index contributed by atoms with van der Waals surface area (Å²) in [4.78, 5) is 12.5. The minimum Gasteiger partial charge on any atom is -0.481 e. The van der Waals surface area contributed by atoms with E-state index >= 15 is 0 Å². The normalized spacial score (nSPS) is 12.1. The van der Waals surface area contributed by atoms with E-state index < -0.39 is 16.1 Å². The molecule has 3 aromatic rings. The Labute approximate surface area is 187 Å². The van der Waals surface area contributed by atoms with E-state index in [1.165, 1.54) is 24.3 Å². The van der Waals surface area contributed by atoms with Crippen LogP contribution in [0.1, 0.15) is 18.1 Å². The van der Waals surface area contributed by atoms with Gasteiger partial charge in [-0.3, -0.25) is 9.52 Å². The summed E-state index contributed by atoms with van der Waals surface area (Å²) in [7, 11) is -3.82. The summed E-state index contributed by atoms with van der Waals surface area (Å²) >= 11 is 6.02. The van der Waals surface area contributed by atoms with Crippen molar-refractivity contribution in [3.63, 3.8) is 0 Å². The molecule has 162 valence electrons. The summed E-state index contributed by atoms with van der Waals surface area (Å²) < 4.78 is 33.4. The molecule has 0 unspecified atom stereocenters. The number of carbonyl (C=O) groups is 1. The summed E-state index contributed by atoms with van der Waals surface area (Å²) in [5, 5.41) is 3.03. The molecule has 6 nitrogen and oxygen atoms in total. The number of anilines is 2. The first-order valence-corrected chi connectivity index (χ1v) is 11.4. The van der Waals surface area contributed by atoms with Crippen LogP contribution in [0, 0.1) is 13.8 Å². The number of rotatable bonds is 7. The van der Waals surface area contributed by atoms with Gasteiger partial charge in [0.25, 0.3) is 15.9 Å². The van der Waals surface area contributed by atoms with E-state index in [4.69, 9.17) is 16.3 Å².